The second kappa shape index (κ2) is 9.62. The molecule has 0 bridgehead atoms. The molecule has 0 unspecified atom stereocenters. The number of carbonyl (C=O) groups excluding carboxylic acids is 1. The molecule has 1 aliphatic carbocycles. The minimum atomic E-state index is -0.257. The zero-order valence-electron chi connectivity index (χ0n) is 19.9. The van der Waals surface area contributed by atoms with Gasteiger partial charge < -0.3 is 4.90 Å². The lowest BCUT2D eigenvalue weighted by atomic mass is 9.93. The van der Waals surface area contributed by atoms with Crippen molar-refractivity contribution < 1.29 is 4.79 Å². The van der Waals surface area contributed by atoms with Gasteiger partial charge in [-0.15, -0.1) is 5.10 Å². The van der Waals surface area contributed by atoms with Gasteiger partial charge in [-0.2, -0.15) is 0 Å². The van der Waals surface area contributed by atoms with E-state index in [0.29, 0.717) is 13.1 Å². The van der Waals surface area contributed by atoms with Crippen LogP contribution in [0.5, 0.6) is 0 Å². The van der Waals surface area contributed by atoms with Gasteiger partial charge in [-0.05, 0) is 42.5 Å². The highest BCUT2D eigenvalue weighted by atomic mass is 16.2. The second-order valence-corrected chi connectivity index (χ2v) is 9.76. The van der Waals surface area contributed by atoms with Crippen LogP contribution in [0, 0.1) is 0 Å². The molecule has 6 nitrogen and oxygen atoms in total. The first kappa shape index (κ1) is 22.0. The summed E-state index contributed by atoms with van der Waals surface area (Å²) in [7, 11) is 0. The number of amides is 1. The summed E-state index contributed by atoms with van der Waals surface area (Å²) in [5.41, 5.74) is 4.20. The Kier molecular flexibility index (Phi) is 6.05. The van der Waals surface area contributed by atoms with E-state index in [4.69, 9.17) is 0 Å². The number of rotatable bonds is 6. The summed E-state index contributed by atoms with van der Waals surface area (Å²) in [5.74, 6) is 0.235. The molecule has 1 saturated carbocycles. The van der Waals surface area contributed by atoms with Crippen LogP contribution >= 0.6 is 0 Å². The molecule has 6 heteroatoms. The largest absolute Gasteiger partial charge is 0.318 e. The third-order valence-electron chi connectivity index (χ3n) is 7.57. The zero-order valence-corrected chi connectivity index (χ0v) is 19.9. The van der Waals surface area contributed by atoms with Gasteiger partial charge in [0.1, 0.15) is 11.7 Å². The van der Waals surface area contributed by atoms with Gasteiger partial charge in [0, 0.05) is 6.04 Å². The Morgan fingerprint density at radius 2 is 1.49 bits per heavy atom. The van der Waals surface area contributed by atoms with Crippen LogP contribution in [0.15, 0.2) is 84.9 Å². The molecule has 0 N–H and O–H groups in total. The molecule has 0 spiro atoms. The van der Waals surface area contributed by atoms with Crippen molar-refractivity contribution in [2.45, 2.75) is 63.4 Å². The SMILES string of the molecule is O=C1[C@H](Cc2ccccc2)N(Cn2nnc3ccccc32)[C@@H](c2ccccc2)N1C1CCCCC1. The van der Waals surface area contributed by atoms with Crippen LogP contribution in [0.1, 0.15) is 49.4 Å². The van der Waals surface area contributed by atoms with Gasteiger partial charge in [-0.25, -0.2) is 9.58 Å². The first-order chi connectivity index (χ1) is 17.3. The topological polar surface area (TPSA) is 54.3 Å². The lowest BCUT2D eigenvalue weighted by molar-refractivity contribution is -0.133. The Hall–Kier alpha value is -3.51. The summed E-state index contributed by atoms with van der Waals surface area (Å²) in [4.78, 5) is 18.8. The van der Waals surface area contributed by atoms with Gasteiger partial charge in [-0.3, -0.25) is 4.79 Å². The first-order valence-corrected chi connectivity index (χ1v) is 12.7. The maximum absolute atomic E-state index is 14.2. The molecule has 1 aliphatic heterocycles. The lowest BCUT2D eigenvalue weighted by Gasteiger charge is -2.38. The Morgan fingerprint density at radius 1 is 0.800 bits per heavy atom. The van der Waals surface area contributed by atoms with E-state index in [2.05, 4.69) is 74.7 Å². The third kappa shape index (κ3) is 4.23. The maximum atomic E-state index is 14.2. The van der Waals surface area contributed by atoms with E-state index in [1.807, 2.05) is 35.0 Å². The Bertz CT molecular complexity index is 1280. The minimum Gasteiger partial charge on any atom is -0.318 e. The fourth-order valence-electron chi connectivity index (χ4n) is 5.88. The molecular formula is C29H31N5O. The van der Waals surface area contributed by atoms with Crippen molar-refractivity contribution in [2.75, 3.05) is 0 Å². The molecule has 0 radical (unpaired) electrons. The fraction of sp³-hybridized carbons (Fsp3) is 0.345. The summed E-state index contributed by atoms with van der Waals surface area (Å²) in [6.45, 7) is 0.506. The Morgan fingerprint density at radius 3 is 2.26 bits per heavy atom. The summed E-state index contributed by atoms with van der Waals surface area (Å²) >= 11 is 0. The minimum absolute atomic E-state index is 0.122. The lowest BCUT2D eigenvalue weighted by Crippen LogP contribution is -2.41. The van der Waals surface area contributed by atoms with Crippen LogP contribution in [0.2, 0.25) is 0 Å². The maximum Gasteiger partial charge on any atom is 0.242 e. The fourth-order valence-corrected chi connectivity index (χ4v) is 5.88. The van der Waals surface area contributed by atoms with Gasteiger partial charge >= 0.3 is 0 Å². The second-order valence-electron chi connectivity index (χ2n) is 9.76. The van der Waals surface area contributed by atoms with Crippen LogP contribution in [-0.4, -0.2) is 42.8 Å². The predicted octanol–water partition coefficient (Wildman–Crippen LogP) is 5.18. The molecule has 3 aromatic carbocycles. The van der Waals surface area contributed by atoms with Gasteiger partial charge in [0.05, 0.1) is 18.2 Å². The van der Waals surface area contributed by atoms with Crippen LogP contribution in [0.25, 0.3) is 11.0 Å². The summed E-state index contributed by atoms with van der Waals surface area (Å²) in [6, 6.07) is 28.9. The van der Waals surface area contributed by atoms with E-state index in [-0.39, 0.29) is 24.2 Å². The van der Waals surface area contributed by atoms with Crippen molar-refractivity contribution in [1.29, 1.82) is 0 Å². The number of para-hydroxylation sites is 1. The Labute approximate surface area is 206 Å². The average Bonchev–Trinajstić information content (AvgIpc) is 3.45. The number of aromatic nitrogens is 3. The first-order valence-electron chi connectivity index (χ1n) is 12.7. The summed E-state index contributed by atoms with van der Waals surface area (Å²) in [6.07, 6.45) is 6.35. The van der Waals surface area contributed by atoms with E-state index in [1.165, 1.54) is 24.8 Å². The molecule has 6 rings (SSSR count). The highest BCUT2D eigenvalue weighted by Gasteiger charge is 2.49. The molecular weight excluding hydrogens is 434 g/mol. The number of fused-ring (bicyclic) bond motifs is 1. The number of hydrogen-bond acceptors (Lipinski definition) is 4. The molecule has 178 valence electrons. The number of nitrogens with zero attached hydrogens (tertiary/aromatic N) is 5. The van der Waals surface area contributed by atoms with Gasteiger partial charge in [0.2, 0.25) is 5.91 Å². The molecule has 2 fully saturated rings. The molecule has 1 aromatic heterocycles. The van der Waals surface area contributed by atoms with E-state index in [1.54, 1.807) is 0 Å². The van der Waals surface area contributed by atoms with Crippen LogP contribution < -0.4 is 0 Å². The molecule has 2 aliphatic rings. The van der Waals surface area contributed by atoms with Crippen molar-refractivity contribution in [1.82, 2.24) is 24.8 Å². The van der Waals surface area contributed by atoms with Crippen LogP contribution in [0.4, 0.5) is 0 Å². The van der Waals surface area contributed by atoms with Crippen LogP contribution in [-0.2, 0) is 17.9 Å². The van der Waals surface area contributed by atoms with E-state index in [9.17, 15) is 4.79 Å². The summed E-state index contributed by atoms with van der Waals surface area (Å²) in [5, 5.41) is 8.87. The summed E-state index contributed by atoms with van der Waals surface area (Å²) < 4.78 is 1.95. The standard InChI is InChI=1S/C29H31N5O/c35-29-27(20-22-12-4-1-5-13-22)32(21-33-26-19-11-10-18-25(26)30-31-33)28(23-14-6-2-7-15-23)34(29)24-16-8-3-9-17-24/h1-2,4-7,10-15,18-19,24,27-28H,3,8-9,16-17,20-21H2/t27-,28+/m0/s1. The third-order valence-corrected chi connectivity index (χ3v) is 7.57. The van der Waals surface area contributed by atoms with Gasteiger partial charge in [0.25, 0.3) is 0 Å². The van der Waals surface area contributed by atoms with Crippen molar-refractivity contribution >= 4 is 16.9 Å². The van der Waals surface area contributed by atoms with E-state index < -0.39 is 0 Å². The normalized spacial score (nSPS) is 21.7. The molecule has 1 saturated heterocycles. The quantitative estimate of drug-likeness (QED) is 0.394. The molecule has 1 amide bonds. The highest BCUT2D eigenvalue weighted by molar-refractivity contribution is 5.85. The number of hydrogen-bond donors (Lipinski definition) is 0. The van der Waals surface area contributed by atoms with Crippen LogP contribution in [0.3, 0.4) is 0 Å². The van der Waals surface area contributed by atoms with Gasteiger partial charge in [0.15, 0.2) is 0 Å². The zero-order chi connectivity index (χ0) is 23.6. The highest BCUT2D eigenvalue weighted by Crippen LogP contribution is 2.41. The smallest absolute Gasteiger partial charge is 0.242 e. The molecule has 4 aromatic rings. The van der Waals surface area contributed by atoms with Crippen molar-refractivity contribution in [3.05, 3.63) is 96.1 Å². The molecule has 35 heavy (non-hydrogen) atoms. The van der Waals surface area contributed by atoms with Crippen molar-refractivity contribution in [2.24, 2.45) is 0 Å². The Balaban J connectivity index is 1.44. The van der Waals surface area contributed by atoms with E-state index >= 15 is 0 Å². The predicted molar refractivity (Wildman–Crippen MR) is 136 cm³/mol. The molecule has 2 heterocycles. The van der Waals surface area contributed by atoms with Gasteiger partial charge in [-0.1, -0.05) is 97.3 Å². The number of carbonyl (C=O) groups is 1. The molecule has 2 atom stereocenters. The van der Waals surface area contributed by atoms with Crippen molar-refractivity contribution in [3.8, 4) is 0 Å². The average molecular weight is 466 g/mol. The van der Waals surface area contributed by atoms with Crippen molar-refractivity contribution in [3.63, 3.8) is 0 Å². The number of benzene rings is 3. The van der Waals surface area contributed by atoms with E-state index in [0.717, 1.165) is 29.4 Å². The monoisotopic (exact) mass is 465 g/mol.